The van der Waals surface area contributed by atoms with E-state index < -0.39 is 6.10 Å². The Morgan fingerprint density at radius 1 is 1.12 bits per heavy atom. The molecule has 4 nitrogen and oxygen atoms in total. The Morgan fingerprint density at radius 2 is 1.81 bits per heavy atom. The smallest absolute Gasteiger partial charge is 0.263 e. The highest BCUT2D eigenvalue weighted by Crippen LogP contribution is 2.30. The maximum atomic E-state index is 12.7. The number of benzene rings is 2. The third kappa shape index (κ3) is 4.25. The number of hydrogen-bond acceptors (Lipinski definition) is 3. The minimum Gasteiger partial charge on any atom is -0.497 e. The minimum atomic E-state index is -0.582. The number of likely N-dealkylation sites (tertiary alicyclic amines) is 1. The van der Waals surface area contributed by atoms with Gasteiger partial charge in [-0.3, -0.25) is 4.79 Å². The van der Waals surface area contributed by atoms with Crippen LogP contribution >= 0.6 is 23.2 Å². The van der Waals surface area contributed by atoms with Gasteiger partial charge in [-0.15, -0.1) is 0 Å². The zero-order valence-electron chi connectivity index (χ0n) is 14.7. The first-order chi connectivity index (χ1) is 12.5. The summed E-state index contributed by atoms with van der Waals surface area (Å²) in [5.74, 6) is 1.68. The SMILES string of the molecule is COc1ccc(C2CCN(C(=O)C(C)Oc3ccc(Cl)c(Cl)c3)C2)cc1. The van der Waals surface area contributed by atoms with Gasteiger partial charge in [-0.05, 0) is 43.2 Å². The predicted octanol–water partition coefficient (Wildman–Crippen LogP) is 4.79. The molecule has 0 spiro atoms. The molecule has 1 heterocycles. The number of carbonyl (C=O) groups is 1. The van der Waals surface area contributed by atoms with Crippen LogP contribution in [-0.4, -0.2) is 37.1 Å². The van der Waals surface area contributed by atoms with Gasteiger partial charge in [0.25, 0.3) is 5.91 Å². The fraction of sp³-hybridized carbons (Fsp3) is 0.350. The van der Waals surface area contributed by atoms with Gasteiger partial charge in [0.15, 0.2) is 6.10 Å². The molecule has 0 N–H and O–H groups in total. The van der Waals surface area contributed by atoms with E-state index in [2.05, 4.69) is 12.1 Å². The molecule has 0 saturated carbocycles. The van der Waals surface area contributed by atoms with Gasteiger partial charge in [0.05, 0.1) is 17.2 Å². The van der Waals surface area contributed by atoms with E-state index in [9.17, 15) is 4.79 Å². The van der Waals surface area contributed by atoms with Gasteiger partial charge in [0.1, 0.15) is 11.5 Å². The first-order valence-electron chi connectivity index (χ1n) is 8.52. The maximum absolute atomic E-state index is 12.7. The lowest BCUT2D eigenvalue weighted by atomic mass is 9.98. The number of methoxy groups -OCH3 is 1. The lowest BCUT2D eigenvalue weighted by molar-refractivity contribution is -0.136. The Labute approximate surface area is 163 Å². The van der Waals surface area contributed by atoms with Gasteiger partial charge in [0.2, 0.25) is 0 Å². The summed E-state index contributed by atoms with van der Waals surface area (Å²) in [4.78, 5) is 14.6. The van der Waals surface area contributed by atoms with E-state index in [1.165, 1.54) is 5.56 Å². The normalized spacial score (nSPS) is 17.8. The molecule has 6 heteroatoms. The van der Waals surface area contributed by atoms with Crippen molar-refractivity contribution in [3.05, 3.63) is 58.1 Å². The van der Waals surface area contributed by atoms with Crippen molar-refractivity contribution in [1.29, 1.82) is 0 Å². The molecule has 1 fully saturated rings. The van der Waals surface area contributed by atoms with Crippen LogP contribution in [0, 0.1) is 0 Å². The molecule has 1 aliphatic heterocycles. The Hall–Kier alpha value is -1.91. The van der Waals surface area contributed by atoms with Crippen molar-refractivity contribution in [2.75, 3.05) is 20.2 Å². The standard InChI is InChI=1S/C20H21Cl2NO3/c1-13(26-17-7-8-18(21)19(22)11-17)20(24)23-10-9-15(12-23)14-3-5-16(25-2)6-4-14/h3-8,11,13,15H,9-10,12H2,1-2H3. The number of rotatable bonds is 5. The van der Waals surface area contributed by atoms with Crippen molar-refractivity contribution in [3.8, 4) is 11.5 Å². The van der Waals surface area contributed by atoms with E-state index >= 15 is 0 Å². The van der Waals surface area contributed by atoms with E-state index in [0.717, 1.165) is 18.7 Å². The summed E-state index contributed by atoms with van der Waals surface area (Å²) in [6.45, 7) is 3.18. The molecule has 2 aromatic carbocycles. The monoisotopic (exact) mass is 393 g/mol. The minimum absolute atomic E-state index is 0.0212. The summed E-state index contributed by atoms with van der Waals surface area (Å²) in [5.41, 5.74) is 1.22. The van der Waals surface area contributed by atoms with Gasteiger partial charge < -0.3 is 14.4 Å². The Bertz CT molecular complexity index is 779. The second-order valence-electron chi connectivity index (χ2n) is 6.38. The van der Waals surface area contributed by atoms with Gasteiger partial charge >= 0.3 is 0 Å². The van der Waals surface area contributed by atoms with Crippen LogP contribution in [0.4, 0.5) is 0 Å². The van der Waals surface area contributed by atoms with Crippen LogP contribution < -0.4 is 9.47 Å². The van der Waals surface area contributed by atoms with Gasteiger partial charge in [-0.1, -0.05) is 35.3 Å². The largest absolute Gasteiger partial charge is 0.497 e. The third-order valence-electron chi connectivity index (χ3n) is 4.64. The predicted molar refractivity (Wildman–Crippen MR) is 103 cm³/mol. The maximum Gasteiger partial charge on any atom is 0.263 e. The highest BCUT2D eigenvalue weighted by atomic mass is 35.5. The molecule has 3 rings (SSSR count). The molecule has 0 radical (unpaired) electrons. The summed E-state index contributed by atoms with van der Waals surface area (Å²) in [7, 11) is 1.65. The van der Waals surface area contributed by atoms with Gasteiger partial charge in [-0.25, -0.2) is 0 Å². The second-order valence-corrected chi connectivity index (χ2v) is 7.19. The molecule has 1 amide bonds. The molecule has 2 aromatic rings. The third-order valence-corrected chi connectivity index (χ3v) is 5.38. The fourth-order valence-corrected chi connectivity index (χ4v) is 3.46. The number of halogens is 2. The number of nitrogens with zero attached hydrogens (tertiary/aromatic N) is 1. The number of carbonyl (C=O) groups excluding carboxylic acids is 1. The Kier molecular flexibility index (Phi) is 5.94. The highest BCUT2D eigenvalue weighted by molar-refractivity contribution is 6.42. The molecule has 138 valence electrons. The molecular formula is C20H21Cl2NO3. The molecule has 2 unspecified atom stereocenters. The van der Waals surface area contributed by atoms with E-state index in [1.54, 1.807) is 32.2 Å². The molecule has 0 aromatic heterocycles. The van der Waals surface area contributed by atoms with Gasteiger partial charge in [0, 0.05) is 25.1 Å². The number of hydrogen-bond donors (Lipinski definition) is 0. The van der Waals surface area contributed by atoms with Crippen molar-refractivity contribution in [2.24, 2.45) is 0 Å². The molecule has 2 atom stereocenters. The van der Waals surface area contributed by atoms with Gasteiger partial charge in [-0.2, -0.15) is 0 Å². The number of ether oxygens (including phenoxy) is 2. The summed E-state index contributed by atoms with van der Waals surface area (Å²) >= 11 is 11.9. The first kappa shape index (κ1) is 18.9. The molecule has 26 heavy (non-hydrogen) atoms. The zero-order chi connectivity index (χ0) is 18.7. The summed E-state index contributed by atoms with van der Waals surface area (Å²) in [5, 5.41) is 0.865. The first-order valence-corrected chi connectivity index (χ1v) is 9.28. The van der Waals surface area contributed by atoms with Crippen molar-refractivity contribution >= 4 is 29.1 Å². The second kappa shape index (κ2) is 8.19. The molecule has 0 bridgehead atoms. The van der Waals surface area contributed by atoms with Crippen LogP contribution in [0.3, 0.4) is 0 Å². The summed E-state index contributed by atoms with van der Waals surface area (Å²) in [6.07, 6.45) is 0.360. The molecular weight excluding hydrogens is 373 g/mol. The van der Waals surface area contributed by atoms with E-state index in [4.69, 9.17) is 32.7 Å². The highest BCUT2D eigenvalue weighted by Gasteiger charge is 2.30. The zero-order valence-corrected chi connectivity index (χ0v) is 16.3. The van der Waals surface area contributed by atoms with Crippen LogP contribution in [0.2, 0.25) is 10.0 Å². The van der Waals surface area contributed by atoms with Crippen LogP contribution in [0.25, 0.3) is 0 Å². The van der Waals surface area contributed by atoms with Crippen molar-refractivity contribution in [2.45, 2.75) is 25.4 Å². The lowest BCUT2D eigenvalue weighted by Gasteiger charge is -2.22. The molecule has 1 aliphatic rings. The van der Waals surface area contributed by atoms with Crippen LogP contribution in [-0.2, 0) is 4.79 Å². The van der Waals surface area contributed by atoms with Crippen LogP contribution in [0.15, 0.2) is 42.5 Å². The topological polar surface area (TPSA) is 38.8 Å². The summed E-state index contributed by atoms with van der Waals surface area (Å²) in [6, 6.07) is 13.0. The van der Waals surface area contributed by atoms with Crippen molar-refractivity contribution < 1.29 is 14.3 Å². The number of amides is 1. The molecule has 0 aliphatic carbocycles. The van der Waals surface area contributed by atoms with E-state index in [1.807, 2.05) is 17.0 Å². The lowest BCUT2D eigenvalue weighted by Crippen LogP contribution is -2.39. The molecule has 1 saturated heterocycles. The van der Waals surface area contributed by atoms with Crippen molar-refractivity contribution in [1.82, 2.24) is 4.90 Å². The fourth-order valence-electron chi connectivity index (χ4n) is 3.17. The van der Waals surface area contributed by atoms with E-state index in [0.29, 0.717) is 28.3 Å². The Balaban J connectivity index is 1.60. The Morgan fingerprint density at radius 3 is 2.46 bits per heavy atom. The van der Waals surface area contributed by atoms with Crippen LogP contribution in [0.1, 0.15) is 24.8 Å². The summed E-state index contributed by atoms with van der Waals surface area (Å²) < 4.78 is 10.9. The quantitative estimate of drug-likeness (QED) is 0.732. The average molecular weight is 394 g/mol. The van der Waals surface area contributed by atoms with E-state index in [-0.39, 0.29) is 5.91 Å². The van der Waals surface area contributed by atoms with Crippen LogP contribution in [0.5, 0.6) is 11.5 Å². The van der Waals surface area contributed by atoms with Crippen molar-refractivity contribution in [3.63, 3.8) is 0 Å². The average Bonchev–Trinajstić information content (AvgIpc) is 3.14.